The van der Waals surface area contributed by atoms with E-state index in [9.17, 15) is 9.59 Å². The molecule has 1 heterocycles. The zero-order valence-corrected chi connectivity index (χ0v) is 7.21. The number of thiophene rings is 1. The van der Waals surface area contributed by atoms with Gasteiger partial charge in [-0.15, -0.1) is 11.3 Å². The van der Waals surface area contributed by atoms with Gasteiger partial charge in [-0.2, -0.15) is 0 Å². The van der Waals surface area contributed by atoms with E-state index in [1.54, 1.807) is 12.1 Å². The molecule has 0 fully saturated rings. The van der Waals surface area contributed by atoms with Crippen molar-refractivity contribution < 1.29 is 9.59 Å². The molecule has 3 heteroatoms. The molecule has 12 heavy (non-hydrogen) atoms. The topological polar surface area (TPSA) is 34.1 Å². The Balaban J connectivity index is 2.63. The van der Waals surface area contributed by atoms with Gasteiger partial charge in [0.05, 0.1) is 4.88 Å². The van der Waals surface area contributed by atoms with E-state index in [0.717, 1.165) is 18.1 Å². The van der Waals surface area contributed by atoms with Crippen molar-refractivity contribution in [1.29, 1.82) is 0 Å². The van der Waals surface area contributed by atoms with Crippen LogP contribution in [0.3, 0.4) is 0 Å². The highest BCUT2D eigenvalue weighted by molar-refractivity contribution is 7.11. The van der Waals surface area contributed by atoms with Gasteiger partial charge in [0, 0.05) is 6.42 Å². The smallest absolute Gasteiger partial charge is 0.160 e. The highest BCUT2D eigenvalue weighted by Gasteiger charge is 1.93. The standard InChI is InChI=1S/C9H8O2S/c10-4-2-1-3-8-5-9(6-11)12-7-8/h1,3-7H,2H2. The summed E-state index contributed by atoms with van der Waals surface area (Å²) in [4.78, 5) is 20.9. The van der Waals surface area contributed by atoms with Crippen LogP contribution in [-0.2, 0) is 4.79 Å². The lowest BCUT2D eigenvalue weighted by Crippen LogP contribution is -1.68. The summed E-state index contributed by atoms with van der Waals surface area (Å²) in [5.41, 5.74) is 0.976. The second-order valence-electron chi connectivity index (χ2n) is 2.20. The third-order valence-electron chi connectivity index (χ3n) is 1.30. The third-order valence-corrected chi connectivity index (χ3v) is 2.18. The minimum atomic E-state index is 0.423. The molecular formula is C9H8O2S. The van der Waals surface area contributed by atoms with Crippen LogP contribution in [0.4, 0.5) is 0 Å². The van der Waals surface area contributed by atoms with Crippen molar-refractivity contribution in [2.75, 3.05) is 0 Å². The second kappa shape index (κ2) is 4.62. The van der Waals surface area contributed by atoms with Gasteiger partial charge in [-0.1, -0.05) is 12.2 Å². The van der Waals surface area contributed by atoms with E-state index in [-0.39, 0.29) is 0 Å². The van der Waals surface area contributed by atoms with Crippen molar-refractivity contribution in [3.05, 3.63) is 28.0 Å². The fourth-order valence-corrected chi connectivity index (χ4v) is 1.46. The van der Waals surface area contributed by atoms with Gasteiger partial charge in [-0.25, -0.2) is 0 Å². The fraction of sp³-hybridized carbons (Fsp3) is 0.111. The molecule has 0 amide bonds. The molecule has 0 saturated heterocycles. The molecule has 0 aliphatic heterocycles. The maximum atomic E-state index is 10.3. The maximum Gasteiger partial charge on any atom is 0.160 e. The van der Waals surface area contributed by atoms with E-state index in [1.807, 2.05) is 11.5 Å². The van der Waals surface area contributed by atoms with Crippen LogP contribution in [0.25, 0.3) is 6.08 Å². The summed E-state index contributed by atoms with van der Waals surface area (Å²) in [5, 5.41) is 1.88. The summed E-state index contributed by atoms with van der Waals surface area (Å²) in [6, 6.07) is 1.79. The first-order chi connectivity index (χ1) is 5.86. The first-order valence-corrected chi connectivity index (χ1v) is 4.38. The van der Waals surface area contributed by atoms with Gasteiger partial charge in [0.1, 0.15) is 6.29 Å². The van der Waals surface area contributed by atoms with Crippen LogP contribution < -0.4 is 0 Å². The average molecular weight is 180 g/mol. The predicted molar refractivity (Wildman–Crippen MR) is 49.4 cm³/mol. The Kier molecular flexibility index (Phi) is 3.41. The van der Waals surface area contributed by atoms with Crippen molar-refractivity contribution >= 4 is 30.0 Å². The van der Waals surface area contributed by atoms with Gasteiger partial charge < -0.3 is 4.79 Å². The van der Waals surface area contributed by atoms with Gasteiger partial charge in [0.25, 0.3) is 0 Å². The summed E-state index contributed by atoms with van der Waals surface area (Å²) in [6.45, 7) is 0. The molecule has 0 unspecified atom stereocenters. The van der Waals surface area contributed by atoms with Gasteiger partial charge in [-0.3, -0.25) is 4.79 Å². The van der Waals surface area contributed by atoms with E-state index in [0.29, 0.717) is 11.3 Å². The number of carbonyl (C=O) groups excluding carboxylic acids is 2. The summed E-state index contributed by atoms with van der Waals surface area (Å²) in [7, 11) is 0. The van der Waals surface area contributed by atoms with Crippen LogP contribution >= 0.6 is 11.3 Å². The monoisotopic (exact) mass is 180 g/mol. The molecular weight excluding hydrogens is 172 g/mol. The number of carbonyl (C=O) groups is 2. The van der Waals surface area contributed by atoms with E-state index in [4.69, 9.17) is 0 Å². The zero-order valence-electron chi connectivity index (χ0n) is 6.40. The Morgan fingerprint density at radius 2 is 2.25 bits per heavy atom. The maximum absolute atomic E-state index is 10.3. The van der Waals surface area contributed by atoms with Crippen molar-refractivity contribution in [2.45, 2.75) is 6.42 Å². The molecule has 1 aromatic heterocycles. The van der Waals surface area contributed by atoms with Gasteiger partial charge in [0.15, 0.2) is 6.29 Å². The van der Waals surface area contributed by atoms with Crippen LogP contribution in [0.2, 0.25) is 0 Å². The second-order valence-corrected chi connectivity index (χ2v) is 3.15. The highest BCUT2D eigenvalue weighted by atomic mass is 32.1. The quantitative estimate of drug-likeness (QED) is 0.665. The largest absolute Gasteiger partial charge is 0.303 e. The summed E-state index contributed by atoms with van der Waals surface area (Å²) < 4.78 is 0. The summed E-state index contributed by atoms with van der Waals surface area (Å²) >= 11 is 1.40. The van der Waals surface area contributed by atoms with E-state index in [1.165, 1.54) is 11.3 Å². The van der Waals surface area contributed by atoms with Gasteiger partial charge in [0.2, 0.25) is 0 Å². The SMILES string of the molecule is O=CCC=Cc1csc(C=O)c1. The van der Waals surface area contributed by atoms with Crippen molar-refractivity contribution in [2.24, 2.45) is 0 Å². The number of hydrogen-bond donors (Lipinski definition) is 0. The van der Waals surface area contributed by atoms with Crippen molar-refractivity contribution in [1.82, 2.24) is 0 Å². The average Bonchev–Trinajstić information content (AvgIpc) is 2.53. The summed E-state index contributed by atoms with van der Waals surface area (Å²) in [6.07, 6.45) is 5.68. The Labute approximate surface area is 74.5 Å². The molecule has 0 N–H and O–H groups in total. The molecule has 2 nitrogen and oxygen atoms in total. The Bertz CT molecular complexity index is 299. The number of hydrogen-bond acceptors (Lipinski definition) is 3. The van der Waals surface area contributed by atoms with Crippen LogP contribution in [0, 0.1) is 0 Å². The van der Waals surface area contributed by atoms with E-state index < -0.39 is 0 Å². The fourth-order valence-electron chi connectivity index (χ4n) is 0.777. The van der Waals surface area contributed by atoms with Crippen LogP contribution in [-0.4, -0.2) is 12.6 Å². The minimum Gasteiger partial charge on any atom is -0.303 e. The molecule has 0 radical (unpaired) electrons. The van der Waals surface area contributed by atoms with Gasteiger partial charge in [-0.05, 0) is 17.0 Å². The van der Waals surface area contributed by atoms with E-state index in [2.05, 4.69) is 0 Å². The molecule has 0 saturated carbocycles. The van der Waals surface area contributed by atoms with Crippen molar-refractivity contribution in [3.8, 4) is 0 Å². The lowest BCUT2D eigenvalue weighted by molar-refractivity contribution is -0.107. The Morgan fingerprint density at radius 3 is 2.83 bits per heavy atom. The lowest BCUT2D eigenvalue weighted by Gasteiger charge is -1.79. The number of allylic oxidation sites excluding steroid dienone is 1. The van der Waals surface area contributed by atoms with Gasteiger partial charge >= 0.3 is 0 Å². The van der Waals surface area contributed by atoms with Crippen LogP contribution in [0.15, 0.2) is 17.5 Å². The molecule has 1 rings (SSSR count). The molecule has 0 aliphatic carbocycles. The predicted octanol–water partition coefficient (Wildman–Crippen LogP) is 2.16. The summed E-state index contributed by atoms with van der Waals surface area (Å²) in [5.74, 6) is 0. The number of aldehydes is 2. The molecule has 62 valence electrons. The molecule has 1 aromatic rings. The molecule has 0 spiro atoms. The minimum absolute atomic E-state index is 0.423. The molecule has 0 aliphatic rings. The molecule has 0 bridgehead atoms. The van der Waals surface area contributed by atoms with Crippen molar-refractivity contribution in [3.63, 3.8) is 0 Å². The van der Waals surface area contributed by atoms with E-state index >= 15 is 0 Å². The normalized spacial score (nSPS) is 10.3. The molecule has 0 atom stereocenters. The number of rotatable bonds is 4. The Morgan fingerprint density at radius 1 is 1.42 bits per heavy atom. The van der Waals surface area contributed by atoms with Crippen LogP contribution in [0.5, 0.6) is 0 Å². The highest BCUT2D eigenvalue weighted by Crippen LogP contribution is 2.13. The lowest BCUT2D eigenvalue weighted by atomic mass is 10.2. The third kappa shape index (κ3) is 2.43. The Hall–Kier alpha value is -1.22. The first kappa shape index (κ1) is 8.87. The first-order valence-electron chi connectivity index (χ1n) is 3.50. The van der Waals surface area contributed by atoms with Crippen LogP contribution in [0.1, 0.15) is 21.7 Å². The zero-order chi connectivity index (χ0) is 8.81. The molecule has 0 aromatic carbocycles.